The SMILES string of the molecule is Cn1nc(Br)c2c(NCC(c3ccccc3)N3CCOCC3)ncnc21. The van der Waals surface area contributed by atoms with Crippen LogP contribution >= 0.6 is 15.9 Å². The minimum absolute atomic E-state index is 0.251. The molecule has 0 spiro atoms. The van der Waals surface area contributed by atoms with Crippen LogP contribution in [0, 0.1) is 0 Å². The number of hydrogen-bond acceptors (Lipinski definition) is 6. The van der Waals surface area contributed by atoms with Gasteiger partial charge in [0.15, 0.2) is 5.65 Å². The summed E-state index contributed by atoms with van der Waals surface area (Å²) in [6, 6.07) is 10.8. The zero-order valence-corrected chi connectivity index (χ0v) is 16.2. The molecule has 136 valence electrons. The van der Waals surface area contributed by atoms with Crippen molar-refractivity contribution in [3.63, 3.8) is 0 Å². The molecule has 1 aliphatic heterocycles. The van der Waals surface area contributed by atoms with E-state index in [1.54, 1.807) is 11.0 Å². The minimum atomic E-state index is 0.251. The van der Waals surface area contributed by atoms with E-state index < -0.39 is 0 Å². The quantitative estimate of drug-likeness (QED) is 0.689. The Balaban J connectivity index is 1.61. The summed E-state index contributed by atoms with van der Waals surface area (Å²) in [5.41, 5.74) is 2.09. The molecule has 0 amide bonds. The molecule has 1 N–H and O–H groups in total. The number of hydrogen-bond donors (Lipinski definition) is 1. The Labute approximate surface area is 160 Å². The normalized spacial score (nSPS) is 16.7. The maximum absolute atomic E-state index is 5.52. The van der Waals surface area contributed by atoms with Crippen molar-refractivity contribution in [2.45, 2.75) is 6.04 Å². The lowest BCUT2D eigenvalue weighted by Gasteiger charge is -2.35. The van der Waals surface area contributed by atoms with E-state index in [1.165, 1.54) is 5.56 Å². The van der Waals surface area contributed by atoms with Gasteiger partial charge in [0.1, 0.15) is 16.7 Å². The highest BCUT2D eigenvalue weighted by molar-refractivity contribution is 9.10. The third-order valence-corrected chi connectivity index (χ3v) is 5.27. The number of ether oxygens (including phenoxy) is 1. The van der Waals surface area contributed by atoms with Crippen LogP contribution in [0.15, 0.2) is 41.3 Å². The summed E-state index contributed by atoms with van der Waals surface area (Å²) in [5.74, 6) is 0.796. The molecule has 0 bridgehead atoms. The number of halogens is 1. The van der Waals surface area contributed by atoms with Gasteiger partial charge in [0.05, 0.1) is 24.6 Å². The fraction of sp³-hybridized carbons (Fsp3) is 0.389. The number of anilines is 1. The van der Waals surface area contributed by atoms with Crippen molar-refractivity contribution >= 4 is 32.8 Å². The maximum atomic E-state index is 5.52. The van der Waals surface area contributed by atoms with Crippen molar-refractivity contribution in [1.82, 2.24) is 24.6 Å². The standard InChI is InChI=1S/C18H21BrN6O/c1-24-18-15(16(19)23-24)17(21-12-22-18)20-11-14(13-5-3-2-4-6-13)25-7-9-26-10-8-25/h2-6,12,14H,7-11H2,1H3,(H,20,21,22). The topological polar surface area (TPSA) is 68.1 Å². The Morgan fingerprint density at radius 1 is 1.19 bits per heavy atom. The van der Waals surface area contributed by atoms with Crippen molar-refractivity contribution < 1.29 is 4.74 Å². The molecule has 1 fully saturated rings. The van der Waals surface area contributed by atoms with Crippen LogP contribution in [0.2, 0.25) is 0 Å². The van der Waals surface area contributed by atoms with E-state index in [1.807, 2.05) is 13.1 Å². The second-order valence-electron chi connectivity index (χ2n) is 6.29. The van der Waals surface area contributed by atoms with Crippen molar-refractivity contribution in [3.8, 4) is 0 Å². The molecule has 3 heterocycles. The van der Waals surface area contributed by atoms with E-state index in [0.29, 0.717) is 0 Å². The number of rotatable bonds is 5. The summed E-state index contributed by atoms with van der Waals surface area (Å²) in [6.45, 7) is 4.15. The molecule has 2 aromatic heterocycles. The van der Waals surface area contributed by atoms with Crippen molar-refractivity contribution in [2.24, 2.45) is 7.05 Å². The number of fused-ring (bicyclic) bond motifs is 1. The molecule has 1 atom stereocenters. The first-order valence-electron chi connectivity index (χ1n) is 8.68. The number of morpholine rings is 1. The Morgan fingerprint density at radius 3 is 2.73 bits per heavy atom. The molecule has 7 nitrogen and oxygen atoms in total. The summed E-state index contributed by atoms with van der Waals surface area (Å²) < 4.78 is 8.03. The van der Waals surface area contributed by atoms with Gasteiger partial charge in [0.25, 0.3) is 0 Å². The van der Waals surface area contributed by atoms with Gasteiger partial charge < -0.3 is 10.1 Å². The van der Waals surface area contributed by atoms with Crippen LogP contribution in [-0.4, -0.2) is 57.5 Å². The Morgan fingerprint density at radius 2 is 1.96 bits per heavy atom. The lowest BCUT2D eigenvalue weighted by molar-refractivity contribution is 0.0187. The predicted molar refractivity (Wildman–Crippen MR) is 104 cm³/mol. The molecule has 1 saturated heterocycles. The molecule has 1 unspecified atom stereocenters. The van der Waals surface area contributed by atoms with Gasteiger partial charge in [-0.15, -0.1) is 0 Å². The lowest BCUT2D eigenvalue weighted by atomic mass is 10.0. The monoisotopic (exact) mass is 416 g/mol. The van der Waals surface area contributed by atoms with Gasteiger partial charge in [-0.05, 0) is 21.5 Å². The smallest absolute Gasteiger partial charge is 0.164 e. The largest absolute Gasteiger partial charge is 0.379 e. The Hall–Kier alpha value is -2.03. The first-order valence-corrected chi connectivity index (χ1v) is 9.47. The molecule has 0 radical (unpaired) electrons. The molecular weight excluding hydrogens is 396 g/mol. The molecule has 4 rings (SSSR count). The van der Waals surface area contributed by atoms with E-state index in [4.69, 9.17) is 4.74 Å². The van der Waals surface area contributed by atoms with Crippen molar-refractivity contribution in [1.29, 1.82) is 0 Å². The van der Waals surface area contributed by atoms with Crippen LogP contribution in [0.25, 0.3) is 11.0 Å². The number of benzene rings is 1. The number of aryl methyl sites for hydroxylation is 1. The fourth-order valence-electron chi connectivity index (χ4n) is 3.39. The molecule has 3 aromatic rings. The predicted octanol–water partition coefficient (Wildman–Crippen LogP) is 2.61. The minimum Gasteiger partial charge on any atom is -0.379 e. The molecule has 26 heavy (non-hydrogen) atoms. The fourth-order valence-corrected chi connectivity index (χ4v) is 3.99. The summed E-state index contributed by atoms with van der Waals surface area (Å²) in [6.07, 6.45) is 1.57. The van der Waals surface area contributed by atoms with E-state index in [2.05, 4.69) is 65.5 Å². The second kappa shape index (κ2) is 7.69. The van der Waals surface area contributed by atoms with Crippen LogP contribution in [0.3, 0.4) is 0 Å². The zero-order chi connectivity index (χ0) is 17.9. The molecule has 8 heteroatoms. The van der Waals surface area contributed by atoms with Crippen molar-refractivity contribution in [3.05, 3.63) is 46.8 Å². The second-order valence-corrected chi connectivity index (χ2v) is 7.04. The molecule has 1 aliphatic rings. The van der Waals surface area contributed by atoms with Crippen LogP contribution in [0.4, 0.5) is 5.82 Å². The van der Waals surface area contributed by atoms with Crippen LogP contribution in [0.5, 0.6) is 0 Å². The zero-order valence-electron chi connectivity index (χ0n) is 14.6. The van der Waals surface area contributed by atoms with Crippen LogP contribution < -0.4 is 5.32 Å². The highest BCUT2D eigenvalue weighted by Crippen LogP contribution is 2.28. The first-order chi connectivity index (χ1) is 12.7. The van der Waals surface area contributed by atoms with Gasteiger partial charge in [0.2, 0.25) is 0 Å². The van der Waals surface area contributed by atoms with E-state index in [9.17, 15) is 0 Å². The van der Waals surface area contributed by atoms with Gasteiger partial charge in [-0.1, -0.05) is 30.3 Å². The highest BCUT2D eigenvalue weighted by Gasteiger charge is 2.23. The Kier molecular flexibility index (Phi) is 5.14. The highest BCUT2D eigenvalue weighted by atomic mass is 79.9. The van der Waals surface area contributed by atoms with E-state index in [0.717, 1.165) is 54.3 Å². The molecule has 0 saturated carbocycles. The van der Waals surface area contributed by atoms with E-state index >= 15 is 0 Å². The van der Waals surface area contributed by atoms with Crippen molar-refractivity contribution in [2.75, 3.05) is 38.2 Å². The third kappa shape index (κ3) is 3.44. The van der Waals surface area contributed by atoms with E-state index in [-0.39, 0.29) is 6.04 Å². The van der Waals surface area contributed by atoms with Gasteiger partial charge in [0, 0.05) is 26.7 Å². The van der Waals surface area contributed by atoms with Gasteiger partial charge in [-0.25, -0.2) is 14.6 Å². The van der Waals surface area contributed by atoms with Gasteiger partial charge >= 0.3 is 0 Å². The molecule has 0 aliphatic carbocycles. The molecule has 1 aromatic carbocycles. The lowest BCUT2D eigenvalue weighted by Crippen LogP contribution is -2.41. The summed E-state index contributed by atoms with van der Waals surface area (Å²) in [5, 5.41) is 8.82. The van der Waals surface area contributed by atoms with Crippen LogP contribution in [-0.2, 0) is 11.8 Å². The summed E-state index contributed by atoms with van der Waals surface area (Å²) in [7, 11) is 1.88. The molecular formula is C18H21BrN6O. The number of aromatic nitrogens is 4. The third-order valence-electron chi connectivity index (χ3n) is 4.71. The number of nitrogens with zero attached hydrogens (tertiary/aromatic N) is 5. The van der Waals surface area contributed by atoms with Crippen LogP contribution in [0.1, 0.15) is 11.6 Å². The summed E-state index contributed by atoms with van der Waals surface area (Å²) >= 11 is 3.52. The average Bonchev–Trinajstić information content (AvgIpc) is 2.98. The first kappa shape index (κ1) is 17.4. The average molecular weight is 417 g/mol. The van der Waals surface area contributed by atoms with Gasteiger partial charge in [-0.3, -0.25) is 4.90 Å². The van der Waals surface area contributed by atoms with Gasteiger partial charge in [-0.2, -0.15) is 5.10 Å². The number of nitrogens with one attached hydrogen (secondary N) is 1. The maximum Gasteiger partial charge on any atom is 0.164 e. The summed E-state index contributed by atoms with van der Waals surface area (Å²) in [4.78, 5) is 11.2. The Bertz CT molecular complexity index is 878.